The van der Waals surface area contributed by atoms with Gasteiger partial charge in [0.1, 0.15) is 0 Å². The lowest BCUT2D eigenvalue weighted by Crippen LogP contribution is -2.12. The maximum Gasteiger partial charge on any atom is 0.0443 e. The Balaban J connectivity index is 2.02. The van der Waals surface area contributed by atoms with Gasteiger partial charge in [-0.05, 0) is 29.5 Å². The van der Waals surface area contributed by atoms with E-state index in [-0.39, 0.29) is 0 Å². The standard InChI is InChI=1S/C13H16ClN/c1-13(2)8-12(15-9-13)7-10-3-5-11(14)6-4-10/h3-6H,7-9H2,1-2H3. The van der Waals surface area contributed by atoms with Gasteiger partial charge in [0.15, 0.2) is 0 Å². The first-order valence-electron chi connectivity index (χ1n) is 5.32. The van der Waals surface area contributed by atoms with Crippen molar-refractivity contribution in [2.45, 2.75) is 26.7 Å². The molecule has 80 valence electrons. The predicted molar refractivity (Wildman–Crippen MR) is 65.9 cm³/mol. The fourth-order valence-corrected chi connectivity index (χ4v) is 2.07. The van der Waals surface area contributed by atoms with Crippen LogP contribution in [0, 0.1) is 5.41 Å². The number of rotatable bonds is 2. The van der Waals surface area contributed by atoms with Crippen molar-refractivity contribution in [3.05, 3.63) is 34.9 Å². The Morgan fingerprint density at radius 2 is 1.93 bits per heavy atom. The molecule has 1 heterocycles. The minimum absolute atomic E-state index is 0.363. The van der Waals surface area contributed by atoms with Gasteiger partial charge in [0.2, 0.25) is 0 Å². The van der Waals surface area contributed by atoms with Crippen LogP contribution in [0.2, 0.25) is 5.02 Å². The van der Waals surface area contributed by atoms with E-state index in [0.717, 1.165) is 24.4 Å². The summed E-state index contributed by atoms with van der Waals surface area (Å²) in [5, 5.41) is 0.799. The van der Waals surface area contributed by atoms with E-state index in [1.54, 1.807) is 0 Å². The normalized spacial score (nSPS) is 19.0. The molecule has 0 fully saturated rings. The van der Waals surface area contributed by atoms with Crippen LogP contribution in [0.5, 0.6) is 0 Å². The second kappa shape index (κ2) is 3.97. The Hall–Kier alpha value is -0.820. The average molecular weight is 222 g/mol. The molecule has 0 spiro atoms. The second-order valence-corrected chi connectivity index (χ2v) is 5.46. The minimum Gasteiger partial charge on any atom is -0.293 e. The zero-order valence-electron chi connectivity index (χ0n) is 9.26. The third-order valence-electron chi connectivity index (χ3n) is 2.73. The van der Waals surface area contributed by atoms with Crippen LogP contribution in [-0.2, 0) is 6.42 Å². The van der Waals surface area contributed by atoms with E-state index in [0.29, 0.717) is 5.41 Å². The van der Waals surface area contributed by atoms with Crippen molar-refractivity contribution in [2.24, 2.45) is 10.4 Å². The second-order valence-electron chi connectivity index (χ2n) is 5.03. The Morgan fingerprint density at radius 3 is 2.47 bits per heavy atom. The maximum atomic E-state index is 5.84. The Kier molecular flexibility index (Phi) is 2.83. The van der Waals surface area contributed by atoms with Crippen molar-refractivity contribution in [1.29, 1.82) is 0 Å². The molecule has 2 rings (SSSR count). The molecule has 0 saturated carbocycles. The summed E-state index contributed by atoms with van der Waals surface area (Å²) in [6, 6.07) is 8.04. The molecule has 0 unspecified atom stereocenters. The Bertz CT molecular complexity index is 376. The fourth-order valence-electron chi connectivity index (χ4n) is 1.95. The number of aliphatic imine (C=N–C) groups is 1. The van der Waals surface area contributed by atoms with Gasteiger partial charge in [-0.3, -0.25) is 4.99 Å². The highest BCUT2D eigenvalue weighted by Gasteiger charge is 2.25. The molecule has 15 heavy (non-hydrogen) atoms. The van der Waals surface area contributed by atoms with Crippen molar-refractivity contribution in [3.63, 3.8) is 0 Å². The van der Waals surface area contributed by atoms with Crippen molar-refractivity contribution in [1.82, 2.24) is 0 Å². The fraction of sp³-hybridized carbons (Fsp3) is 0.462. The summed E-state index contributed by atoms with van der Waals surface area (Å²) in [6.07, 6.45) is 2.09. The van der Waals surface area contributed by atoms with Gasteiger partial charge < -0.3 is 0 Å². The van der Waals surface area contributed by atoms with Crippen LogP contribution in [0.4, 0.5) is 0 Å². The van der Waals surface area contributed by atoms with Gasteiger partial charge in [-0.25, -0.2) is 0 Å². The van der Waals surface area contributed by atoms with Crippen molar-refractivity contribution in [3.8, 4) is 0 Å². The van der Waals surface area contributed by atoms with Gasteiger partial charge >= 0.3 is 0 Å². The summed E-state index contributed by atoms with van der Waals surface area (Å²) in [6.45, 7) is 5.51. The molecule has 0 atom stereocenters. The molecule has 1 nitrogen and oxygen atoms in total. The van der Waals surface area contributed by atoms with Gasteiger partial charge in [0.05, 0.1) is 0 Å². The molecular weight excluding hydrogens is 206 g/mol. The van der Waals surface area contributed by atoms with E-state index < -0.39 is 0 Å². The molecule has 1 aliphatic heterocycles. The number of hydrogen-bond acceptors (Lipinski definition) is 1. The number of halogens is 1. The molecule has 1 aliphatic rings. The minimum atomic E-state index is 0.363. The topological polar surface area (TPSA) is 12.4 Å². The van der Waals surface area contributed by atoms with Gasteiger partial charge in [-0.1, -0.05) is 37.6 Å². The van der Waals surface area contributed by atoms with E-state index in [2.05, 4.69) is 31.0 Å². The predicted octanol–water partition coefficient (Wildman–Crippen LogP) is 3.75. The van der Waals surface area contributed by atoms with Gasteiger partial charge in [-0.15, -0.1) is 0 Å². The van der Waals surface area contributed by atoms with Crippen LogP contribution in [0.1, 0.15) is 25.8 Å². The molecule has 0 aromatic heterocycles. The zero-order chi connectivity index (χ0) is 10.9. The lowest BCUT2D eigenvalue weighted by atomic mass is 9.89. The first-order chi connectivity index (χ1) is 7.05. The van der Waals surface area contributed by atoms with Crippen LogP contribution < -0.4 is 0 Å². The monoisotopic (exact) mass is 221 g/mol. The van der Waals surface area contributed by atoms with Crippen LogP contribution in [-0.4, -0.2) is 12.3 Å². The quantitative estimate of drug-likeness (QED) is 0.721. The molecule has 2 heteroatoms. The van der Waals surface area contributed by atoms with Crippen molar-refractivity contribution < 1.29 is 0 Å². The lowest BCUT2D eigenvalue weighted by molar-refractivity contribution is 0.422. The molecule has 0 bridgehead atoms. The summed E-state index contributed by atoms with van der Waals surface area (Å²) in [5.41, 5.74) is 2.99. The summed E-state index contributed by atoms with van der Waals surface area (Å²) in [4.78, 5) is 4.59. The smallest absolute Gasteiger partial charge is 0.0443 e. The summed E-state index contributed by atoms with van der Waals surface area (Å²) in [5.74, 6) is 0. The Labute approximate surface area is 96.2 Å². The molecule has 0 radical (unpaired) electrons. The highest BCUT2D eigenvalue weighted by Crippen LogP contribution is 2.28. The third kappa shape index (κ3) is 2.82. The van der Waals surface area contributed by atoms with Crippen LogP contribution in [0.25, 0.3) is 0 Å². The molecule has 1 aromatic carbocycles. The molecule has 0 N–H and O–H groups in total. The Morgan fingerprint density at radius 1 is 1.27 bits per heavy atom. The average Bonchev–Trinajstić information content (AvgIpc) is 2.50. The number of nitrogens with zero attached hydrogens (tertiary/aromatic N) is 1. The first kappa shape index (κ1) is 10.7. The summed E-state index contributed by atoms with van der Waals surface area (Å²) in [7, 11) is 0. The largest absolute Gasteiger partial charge is 0.293 e. The van der Waals surface area contributed by atoms with E-state index in [9.17, 15) is 0 Å². The third-order valence-corrected chi connectivity index (χ3v) is 2.99. The first-order valence-corrected chi connectivity index (χ1v) is 5.70. The number of benzene rings is 1. The van der Waals surface area contributed by atoms with Crippen LogP contribution >= 0.6 is 11.6 Å². The lowest BCUT2D eigenvalue weighted by Gasteiger charge is -2.14. The van der Waals surface area contributed by atoms with Crippen molar-refractivity contribution in [2.75, 3.05) is 6.54 Å². The van der Waals surface area contributed by atoms with Crippen LogP contribution in [0.15, 0.2) is 29.3 Å². The van der Waals surface area contributed by atoms with Gasteiger partial charge in [-0.2, -0.15) is 0 Å². The molecular formula is C13H16ClN. The van der Waals surface area contributed by atoms with E-state index >= 15 is 0 Å². The summed E-state index contributed by atoms with van der Waals surface area (Å²) >= 11 is 5.84. The maximum absolute atomic E-state index is 5.84. The van der Waals surface area contributed by atoms with Gasteiger partial charge in [0, 0.05) is 23.7 Å². The van der Waals surface area contributed by atoms with E-state index in [4.69, 9.17) is 11.6 Å². The van der Waals surface area contributed by atoms with Crippen molar-refractivity contribution >= 4 is 17.3 Å². The van der Waals surface area contributed by atoms with Gasteiger partial charge in [0.25, 0.3) is 0 Å². The highest BCUT2D eigenvalue weighted by molar-refractivity contribution is 6.30. The van der Waals surface area contributed by atoms with E-state index in [1.807, 2.05) is 12.1 Å². The highest BCUT2D eigenvalue weighted by atomic mass is 35.5. The van der Waals surface area contributed by atoms with Crippen LogP contribution in [0.3, 0.4) is 0 Å². The zero-order valence-corrected chi connectivity index (χ0v) is 10.0. The molecule has 0 aliphatic carbocycles. The van der Waals surface area contributed by atoms with E-state index in [1.165, 1.54) is 11.3 Å². The summed E-state index contributed by atoms with van der Waals surface area (Å²) < 4.78 is 0. The molecule has 0 saturated heterocycles. The molecule has 1 aromatic rings. The SMILES string of the molecule is CC1(C)CN=C(Cc2ccc(Cl)cc2)C1. The molecule has 0 amide bonds. The number of hydrogen-bond donors (Lipinski definition) is 0.